The van der Waals surface area contributed by atoms with Gasteiger partial charge in [0.1, 0.15) is 0 Å². The van der Waals surface area contributed by atoms with Crippen molar-refractivity contribution in [3.63, 3.8) is 0 Å². The summed E-state index contributed by atoms with van der Waals surface area (Å²) in [5.41, 5.74) is 6.10. The molecule has 0 aliphatic carbocycles. The highest BCUT2D eigenvalue weighted by atomic mass is 16.2. The Hall–Kier alpha value is -0.570. The van der Waals surface area contributed by atoms with Crippen molar-refractivity contribution in [1.82, 2.24) is 4.90 Å². The highest BCUT2D eigenvalue weighted by molar-refractivity contribution is 5.76. The molecule has 1 aliphatic heterocycles. The van der Waals surface area contributed by atoms with E-state index in [-0.39, 0.29) is 10.8 Å². The van der Waals surface area contributed by atoms with Crippen LogP contribution >= 0.6 is 0 Å². The summed E-state index contributed by atoms with van der Waals surface area (Å²) in [5, 5.41) is 0. The lowest BCUT2D eigenvalue weighted by Crippen LogP contribution is -2.36. The first kappa shape index (κ1) is 14.5. The van der Waals surface area contributed by atoms with E-state index in [9.17, 15) is 4.79 Å². The smallest absolute Gasteiger partial charge is 0.222 e. The standard InChI is InChI=1S/C14H28N2O/c1-11(13(2,3)4)8-12(17)16-7-6-14(5,9-15)10-16/h11H,6-10,15H2,1-5H3. The average molecular weight is 240 g/mol. The summed E-state index contributed by atoms with van der Waals surface area (Å²) in [6.45, 7) is 13.3. The Labute approximate surface area is 106 Å². The summed E-state index contributed by atoms with van der Waals surface area (Å²) in [4.78, 5) is 14.2. The topological polar surface area (TPSA) is 46.3 Å². The Morgan fingerprint density at radius 3 is 2.47 bits per heavy atom. The maximum absolute atomic E-state index is 12.2. The summed E-state index contributed by atoms with van der Waals surface area (Å²) in [7, 11) is 0. The van der Waals surface area contributed by atoms with Gasteiger partial charge in [0.15, 0.2) is 0 Å². The Morgan fingerprint density at radius 2 is 2.06 bits per heavy atom. The van der Waals surface area contributed by atoms with E-state index < -0.39 is 0 Å². The number of carbonyl (C=O) groups is 1. The van der Waals surface area contributed by atoms with Crippen molar-refractivity contribution in [3.05, 3.63) is 0 Å². The lowest BCUT2D eigenvalue weighted by Gasteiger charge is -2.29. The SMILES string of the molecule is CC(CC(=O)N1CCC(C)(CN)C1)C(C)(C)C. The largest absolute Gasteiger partial charge is 0.342 e. The highest BCUT2D eigenvalue weighted by Crippen LogP contribution is 2.32. The number of rotatable bonds is 3. The number of nitrogens with zero attached hydrogens (tertiary/aromatic N) is 1. The molecule has 1 heterocycles. The van der Waals surface area contributed by atoms with Crippen LogP contribution in [0.1, 0.15) is 47.5 Å². The molecule has 2 atom stereocenters. The second kappa shape index (κ2) is 4.97. The predicted molar refractivity (Wildman–Crippen MR) is 71.6 cm³/mol. The van der Waals surface area contributed by atoms with E-state index in [1.54, 1.807) is 0 Å². The molecular weight excluding hydrogens is 212 g/mol. The van der Waals surface area contributed by atoms with Gasteiger partial charge in [-0.3, -0.25) is 4.79 Å². The molecule has 0 saturated carbocycles. The Bertz CT molecular complexity index is 282. The summed E-state index contributed by atoms with van der Waals surface area (Å²) in [6, 6.07) is 0. The zero-order valence-electron chi connectivity index (χ0n) is 12.0. The van der Waals surface area contributed by atoms with Crippen molar-refractivity contribution in [2.24, 2.45) is 22.5 Å². The van der Waals surface area contributed by atoms with Gasteiger partial charge in [-0.1, -0.05) is 34.6 Å². The molecule has 2 unspecified atom stereocenters. The monoisotopic (exact) mass is 240 g/mol. The van der Waals surface area contributed by atoms with Crippen molar-refractivity contribution < 1.29 is 4.79 Å². The molecule has 1 rings (SSSR count). The molecule has 0 bridgehead atoms. The van der Waals surface area contributed by atoms with Crippen LogP contribution in [0, 0.1) is 16.7 Å². The van der Waals surface area contributed by atoms with E-state index in [0.717, 1.165) is 19.5 Å². The molecule has 1 fully saturated rings. The van der Waals surface area contributed by atoms with E-state index in [0.29, 0.717) is 24.8 Å². The van der Waals surface area contributed by atoms with E-state index in [1.807, 2.05) is 4.90 Å². The van der Waals surface area contributed by atoms with Gasteiger partial charge < -0.3 is 10.6 Å². The Kier molecular flexibility index (Phi) is 4.23. The van der Waals surface area contributed by atoms with Crippen molar-refractivity contribution >= 4 is 5.91 Å². The van der Waals surface area contributed by atoms with Crippen LogP contribution in [0.2, 0.25) is 0 Å². The fourth-order valence-corrected chi connectivity index (χ4v) is 2.10. The number of amides is 1. The lowest BCUT2D eigenvalue weighted by molar-refractivity contribution is -0.132. The molecule has 0 aromatic rings. The van der Waals surface area contributed by atoms with Crippen molar-refractivity contribution in [1.29, 1.82) is 0 Å². The number of hydrogen-bond donors (Lipinski definition) is 1. The summed E-state index contributed by atoms with van der Waals surface area (Å²) in [6.07, 6.45) is 1.70. The molecule has 0 aromatic carbocycles. The zero-order chi connectivity index (χ0) is 13.3. The van der Waals surface area contributed by atoms with E-state index in [2.05, 4.69) is 34.6 Å². The maximum atomic E-state index is 12.2. The molecule has 0 spiro atoms. The third-order valence-electron chi connectivity index (χ3n) is 4.36. The van der Waals surface area contributed by atoms with Gasteiger partial charge >= 0.3 is 0 Å². The first-order chi connectivity index (χ1) is 7.68. The van der Waals surface area contributed by atoms with Crippen LogP contribution in [-0.4, -0.2) is 30.4 Å². The normalized spacial score (nSPS) is 27.3. The van der Waals surface area contributed by atoms with Crippen LogP contribution in [0.15, 0.2) is 0 Å². The lowest BCUT2D eigenvalue weighted by atomic mass is 9.80. The molecule has 1 aliphatic rings. The minimum Gasteiger partial charge on any atom is -0.342 e. The van der Waals surface area contributed by atoms with E-state index in [1.165, 1.54) is 0 Å². The van der Waals surface area contributed by atoms with Gasteiger partial charge in [-0.05, 0) is 29.7 Å². The van der Waals surface area contributed by atoms with Gasteiger partial charge in [0.25, 0.3) is 0 Å². The number of likely N-dealkylation sites (tertiary alicyclic amines) is 1. The number of carbonyl (C=O) groups excluding carboxylic acids is 1. The highest BCUT2D eigenvalue weighted by Gasteiger charge is 2.35. The first-order valence-electron chi connectivity index (χ1n) is 6.66. The second-order valence-electron chi connectivity index (χ2n) is 7.05. The molecule has 1 saturated heterocycles. The maximum Gasteiger partial charge on any atom is 0.222 e. The van der Waals surface area contributed by atoms with Crippen LogP contribution in [0.4, 0.5) is 0 Å². The molecule has 3 heteroatoms. The fourth-order valence-electron chi connectivity index (χ4n) is 2.10. The summed E-state index contributed by atoms with van der Waals surface area (Å²) in [5.74, 6) is 0.712. The molecule has 0 radical (unpaired) electrons. The van der Waals surface area contributed by atoms with E-state index in [4.69, 9.17) is 5.73 Å². The molecular formula is C14H28N2O. The molecule has 17 heavy (non-hydrogen) atoms. The van der Waals surface area contributed by atoms with Gasteiger partial charge in [-0.2, -0.15) is 0 Å². The minimum absolute atomic E-state index is 0.140. The predicted octanol–water partition coefficient (Wildman–Crippen LogP) is 2.26. The molecule has 0 aromatic heterocycles. The molecule has 100 valence electrons. The molecule has 1 amide bonds. The number of nitrogens with two attached hydrogens (primary N) is 1. The average Bonchev–Trinajstić information content (AvgIpc) is 2.60. The second-order valence-corrected chi connectivity index (χ2v) is 7.05. The van der Waals surface area contributed by atoms with E-state index >= 15 is 0 Å². The molecule has 3 nitrogen and oxygen atoms in total. The Balaban J connectivity index is 2.51. The quantitative estimate of drug-likeness (QED) is 0.822. The van der Waals surface area contributed by atoms with Gasteiger partial charge in [0, 0.05) is 19.5 Å². The van der Waals surface area contributed by atoms with Crippen LogP contribution in [0.25, 0.3) is 0 Å². The third-order valence-corrected chi connectivity index (χ3v) is 4.36. The fraction of sp³-hybridized carbons (Fsp3) is 0.929. The summed E-state index contributed by atoms with van der Waals surface area (Å²) >= 11 is 0. The first-order valence-corrected chi connectivity index (χ1v) is 6.66. The Morgan fingerprint density at radius 1 is 1.47 bits per heavy atom. The van der Waals surface area contributed by atoms with Gasteiger partial charge in [-0.25, -0.2) is 0 Å². The number of hydrogen-bond acceptors (Lipinski definition) is 2. The van der Waals surface area contributed by atoms with Crippen molar-refractivity contribution in [2.45, 2.75) is 47.5 Å². The van der Waals surface area contributed by atoms with Crippen LogP contribution in [-0.2, 0) is 4.79 Å². The van der Waals surface area contributed by atoms with Crippen LogP contribution in [0.3, 0.4) is 0 Å². The van der Waals surface area contributed by atoms with Gasteiger partial charge in [0.2, 0.25) is 5.91 Å². The third kappa shape index (κ3) is 3.70. The van der Waals surface area contributed by atoms with Crippen molar-refractivity contribution in [3.8, 4) is 0 Å². The van der Waals surface area contributed by atoms with Crippen LogP contribution in [0.5, 0.6) is 0 Å². The van der Waals surface area contributed by atoms with Gasteiger partial charge in [0.05, 0.1) is 0 Å². The van der Waals surface area contributed by atoms with Crippen LogP contribution < -0.4 is 5.73 Å². The zero-order valence-corrected chi connectivity index (χ0v) is 12.0. The minimum atomic E-state index is 0.140. The van der Waals surface area contributed by atoms with Gasteiger partial charge in [-0.15, -0.1) is 0 Å². The summed E-state index contributed by atoms with van der Waals surface area (Å²) < 4.78 is 0. The van der Waals surface area contributed by atoms with Crippen molar-refractivity contribution in [2.75, 3.05) is 19.6 Å². The molecule has 2 N–H and O–H groups in total.